The predicted octanol–water partition coefficient (Wildman–Crippen LogP) is 3.60. The lowest BCUT2D eigenvalue weighted by Crippen LogP contribution is -2.51. The third kappa shape index (κ3) is 3.87. The number of halogens is 2. The summed E-state index contributed by atoms with van der Waals surface area (Å²) in [6.45, 7) is 3.06. The smallest absolute Gasteiger partial charge is 0.319 e. The van der Waals surface area contributed by atoms with Crippen LogP contribution in [-0.4, -0.2) is 76.4 Å². The van der Waals surface area contributed by atoms with Crippen LogP contribution in [0.5, 0.6) is 6.01 Å². The number of fused-ring (bicyclic) bond motifs is 4. The highest BCUT2D eigenvalue weighted by Gasteiger charge is 2.49. The molecule has 4 saturated heterocycles. The summed E-state index contributed by atoms with van der Waals surface area (Å²) in [5.41, 5.74) is 0.578. The third-order valence-corrected chi connectivity index (χ3v) is 8.69. The molecule has 7 rings (SSSR count). The number of hydrogen-bond acceptors (Lipinski definition) is 8. The van der Waals surface area contributed by atoms with E-state index in [2.05, 4.69) is 31.2 Å². The number of nitriles is 1. The van der Waals surface area contributed by atoms with E-state index in [1.807, 2.05) is 0 Å². The monoisotopic (exact) mass is 517 g/mol. The van der Waals surface area contributed by atoms with Gasteiger partial charge in [0.15, 0.2) is 5.82 Å². The molecule has 4 aliphatic rings. The zero-order valence-electron chi connectivity index (χ0n) is 21.0. The molecule has 3 aromatic rings. The first kappa shape index (κ1) is 23.7. The van der Waals surface area contributed by atoms with E-state index in [1.165, 1.54) is 0 Å². The molecule has 1 N–H and O–H groups in total. The van der Waals surface area contributed by atoms with Crippen LogP contribution in [0.15, 0.2) is 30.5 Å². The van der Waals surface area contributed by atoms with Gasteiger partial charge in [0, 0.05) is 49.9 Å². The van der Waals surface area contributed by atoms with Crippen LogP contribution < -0.4 is 15.0 Å². The summed E-state index contributed by atoms with van der Waals surface area (Å²) in [6, 6.07) is 9.74. The Kier molecular flexibility index (Phi) is 5.67. The van der Waals surface area contributed by atoms with Crippen molar-refractivity contribution in [3.63, 3.8) is 0 Å². The Balaban J connectivity index is 1.31. The van der Waals surface area contributed by atoms with E-state index >= 15 is 4.39 Å². The molecule has 0 spiro atoms. The number of rotatable bonds is 5. The van der Waals surface area contributed by atoms with Gasteiger partial charge in [0.05, 0.1) is 22.6 Å². The Morgan fingerprint density at radius 1 is 1.16 bits per heavy atom. The predicted molar refractivity (Wildman–Crippen MR) is 138 cm³/mol. The number of hydrogen-bond donors (Lipinski definition) is 1. The molecule has 2 unspecified atom stereocenters. The van der Waals surface area contributed by atoms with Crippen LogP contribution in [0.1, 0.15) is 37.7 Å². The standard InChI is InChI=1S/C28H29F2N7O/c29-18-10-28(8-3-9-37(28)13-18)16-38-27-34-25-22(26(35-27)36-14-19-6-7-20(15-36)33-19)12-32-24(23(25)30)21-5-2-1-4-17(21)11-31/h1-2,4-5,12,18-20,33H,3,6-10,13-16H2/t18?,19-,20+,28?. The molecule has 4 atom stereocenters. The summed E-state index contributed by atoms with van der Waals surface area (Å²) in [4.78, 5) is 18.1. The fourth-order valence-electron chi connectivity index (χ4n) is 6.92. The lowest BCUT2D eigenvalue weighted by Gasteiger charge is -2.34. The molecule has 8 nitrogen and oxygen atoms in total. The molecule has 0 amide bonds. The van der Waals surface area contributed by atoms with E-state index in [0.29, 0.717) is 47.4 Å². The zero-order chi connectivity index (χ0) is 25.9. The average Bonchev–Trinajstić information content (AvgIpc) is 3.58. The fraction of sp³-hybridized carbons (Fsp3) is 0.500. The molecule has 2 aromatic heterocycles. The molecule has 2 bridgehead atoms. The summed E-state index contributed by atoms with van der Waals surface area (Å²) in [7, 11) is 0. The lowest BCUT2D eigenvalue weighted by atomic mass is 9.95. The van der Waals surface area contributed by atoms with Crippen molar-refractivity contribution in [2.45, 2.75) is 55.9 Å². The minimum absolute atomic E-state index is 0.0715. The number of benzene rings is 1. The van der Waals surface area contributed by atoms with E-state index in [1.54, 1.807) is 30.5 Å². The molecule has 0 aliphatic carbocycles. The van der Waals surface area contributed by atoms with Gasteiger partial charge in [0.25, 0.3) is 0 Å². The van der Waals surface area contributed by atoms with Crippen molar-refractivity contribution in [3.05, 3.63) is 41.8 Å². The first-order chi connectivity index (χ1) is 18.5. The number of anilines is 1. The van der Waals surface area contributed by atoms with Crippen molar-refractivity contribution in [3.8, 4) is 23.3 Å². The van der Waals surface area contributed by atoms with Crippen molar-refractivity contribution in [2.24, 2.45) is 0 Å². The van der Waals surface area contributed by atoms with Crippen LogP contribution in [0.2, 0.25) is 0 Å². The first-order valence-corrected chi connectivity index (χ1v) is 13.4. The Hall–Kier alpha value is -3.42. The minimum atomic E-state index is -0.866. The van der Waals surface area contributed by atoms with E-state index in [4.69, 9.17) is 9.72 Å². The molecule has 0 radical (unpaired) electrons. The summed E-state index contributed by atoms with van der Waals surface area (Å²) in [6.07, 6.45) is 5.23. The molecule has 10 heteroatoms. The molecule has 38 heavy (non-hydrogen) atoms. The second-order valence-corrected chi connectivity index (χ2v) is 11.1. The summed E-state index contributed by atoms with van der Waals surface area (Å²) >= 11 is 0. The molecule has 1 aromatic carbocycles. The molecule has 4 aliphatic heterocycles. The SMILES string of the molecule is N#Cc1ccccc1-c1ncc2c(N3C[C@H]4CC[C@@H](C3)N4)nc(OCC34CCCN3CC(F)C4)nc2c1F. The molecular formula is C28H29F2N7O. The molecule has 6 heterocycles. The van der Waals surface area contributed by atoms with Gasteiger partial charge in [-0.05, 0) is 38.3 Å². The number of nitrogens with zero attached hydrogens (tertiary/aromatic N) is 6. The lowest BCUT2D eigenvalue weighted by molar-refractivity contribution is 0.107. The van der Waals surface area contributed by atoms with Crippen LogP contribution in [0.25, 0.3) is 22.2 Å². The van der Waals surface area contributed by atoms with Crippen molar-refractivity contribution in [1.82, 2.24) is 25.2 Å². The van der Waals surface area contributed by atoms with Gasteiger partial charge in [-0.15, -0.1) is 0 Å². The minimum Gasteiger partial charge on any atom is -0.461 e. The molecule has 4 fully saturated rings. The largest absolute Gasteiger partial charge is 0.461 e. The topological polar surface area (TPSA) is 90.2 Å². The third-order valence-electron chi connectivity index (χ3n) is 8.69. The van der Waals surface area contributed by atoms with E-state index in [-0.39, 0.29) is 29.4 Å². The maximum atomic E-state index is 16.2. The summed E-state index contributed by atoms with van der Waals surface area (Å²) < 4.78 is 36.7. The number of nitrogens with one attached hydrogen (secondary N) is 1. The normalized spacial score (nSPS) is 28.6. The van der Waals surface area contributed by atoms with Gasteiger partial charge >= 0.3 is 6.01 Å². The number of ether oxygens (including phenoxy) is 1. The maximum absolute atomic E-state index is 16.2. The molecule has 0 saturated carbocycles. The van der Waals surface area contributed by atoms with Gasteiger partial charge in [-0.25, -0.2) is 8.78 Å². The Labute approximate surface area is 219 Å². The quantitative estimate of drug-likeness (QED) is 0.549. The Morgan fingerprint density at radius 2 is 1.97 bits per heavy atom. The van der Waals surface area contributed by atoms with E-state index < -0.39 is 12.0 Å². The van der Waals surface area contributed by atoms with Crippen LogP contribution in [0.3, 0.4) is 0 Å². The van der Waals surface area contributed by atoms with Gasteiger partial charge in [-0.1, -0.05) is 18.2 Å². The second-order valence-electron chi connectivity index (χ2n) is 11.1. The van der Waals surface area contributed by atoms with Crippen LogP contribution in [-0.2, 0) is 0 Å². The van der Waals surface area contributed by atoms with Gasteiger partial charge in [-0.2, -0.15) is 15.2 Å². The number of alkyl halides is 1. The number of piperazine rings is 1. The van der Waals surface area contributed by atoms with Crippen molar-refractivity contribution in [1.29, 1.82) is 5.26 Å². The average molecular weight is 518 g/mol. The van der Waals surface area contributed by atoms with Crippen LogP contribution in [0.4, 0.5) is 14.6 Å². The van der Waals surface area contributed by atoms with E-state index in [9.17, 15) is 9.65 Å². The van der Waals surface area contributed by atoms with Crippen molar-refractivity contribution < 1.29 is 13.5 Å². The number of pyridine rings is 1. The Bertz CT molecular complexity index is 1430. The van der Waals surface area contributed by atoms with Crippen LogP contribution >= 0.6 is 0 Å². The highest BCUT2D eigenvalue weighted by atomic mass is 19.1. The maximum Gasteiger partial charge on any atom is 0.319 e. The van der Waals surface area contributed by atoms with Crippen LogP contribution in [0, 0.1) is 17.1 Å². The molecular weight excluding hydrogens is 488 g/mol. The van der Waals surface area contributed by atoms with E-state index in [0.717, 1.165) is 45.3 Å². The van der Waals surface area contributed by atoms with Crippen molar-refractivity contribution in [2.75, 3.05) is 37.7 Å². The Morgan fingerprint density at radius 3 is 2.79 bits per heavy atom. The van der Waals surface area contributed by atoms with Gasteiger partial charge in [0.2, 0.25) is 0 Å². The van der Waals surface area contributed by atoms with Gasteiger partial charge < -0.3 is 15.0 Å². The van der Waals surface area contributed by atoms with Crippen molar-refractivity contribution >= 4 is 16.7 Å². The fourth-order valence-corrected chi connectivity index (χ4v) is 6.92. The highest BCUT2D eigenvalue weighted by molar-refractivity contribution is 5.92. The molecule has 196 valence electrons. The van der Waals surface area contributed by atoms with Gasteiger partial charge in [0.1, 0.15) is 29.8 Å². The summed E-state index contributed by atoms with van der Waals surface area (Å²) in [5.74, 6) is -0.00682. The summed E-state index contributed by atoms with van der Waals surface area (Å²) in [5, 5.41) is 13.7. The number of aromatic nitrogens is 3. The van der Waals surface area contributed by atoms with Gasteiger partial charge in [-0.3, -0.25) is 9.88 Å². The second kappa shape index (κ2) is 9.10. The first-order valence-electron chi connectivity index (χ1n) is 13.4. The zero-order valence-corrected chi connectivity index (χ0v) is 21.0. The highest BCUT2D eigenvalue weighted by Crippen LogP contribution is 2.41.